The maximum atomic E-state index is 13.5. The molecule has 4 aromatic carbocycles. The molecule has 1 aliphatic rings. The quantitative estimate of drug-likeness (QED) is 0.0985. The first-order valence-corrected chi connectivity index (χ1v) is 22.3. The van der Waals surface area contributed by atoms with Gasteiger partial charge >= 0.3 is 12.0 Å². The van der Waals surface area contributed by atoms with E-state index in [0.29, 0.717) is 60.4 Å². The third kappa shape index (κ3) is 9.71. The average molecular weight is 780 g/mol. The van der Waals surface area contributed by atoms with Crippen molar-refractivity contribution in [3.05, 3.63) is 119 Å². The lowest BCUT2D eigenvalue weighted by molar-refractivity contribution is 0.0383. The summed E-state index contributed by atoms with van der Waals surface area (Å²) in [6.45, 7) is 13.1. The molecular weight excluding hydrogens is 735 g/mol. The number of aromatic nitrogens is 5. The van der Waals surface area contributed by atoms with E-state index in [9.17, 15) is 9.59 Å². The van der Waals surface area contributed by atoms with E-state index >= 15 is 0 Å². The predicted octanol–water partition coefficient (Wildman–Crippen LogP) is 6.13. The maximum absolute atomic E-state index is 13.5. The molecule has 14 heteroatoms. The number of benzene rings is 4. The summed E-state index contributed by atoms with van der Waals surface area (Å²) >= 11 is 0. The molecule has 0 unspecified atom stereocenters. The predicted molar refractivity (Wildman–Crippen MR) is 225 cm³/mol. The van der Waals surface area contributed by atoms with Crippen LogP contribution >= 0.6 is 0 Å². The fourth-order valence-corrected chi connectivity index (χ4v) is 7.42. The van der Waals surface area contributed by atoms with Crippen molar-refractivity contribution in [2.24, 2.45) is 0 Å². The highest BCUT2D eigenvalue weighted by atomic mass is 28.3. The Morgan fingerprint density at radius 3 is 2.46 bits per heavy atom. The van der Waals surface area contributed by atoms with Gasteiger partial charge in [0.2, 0.25) is 0 Å². The molecule has 0 atom stereocenters. The number of terminal acetylenes is 1. The second-order valence-electron chi connectivity index (χ2n) is 14.9. The molecular formula is C43H45N9O4Si. The number of nitrogens with zero attached hydrogens (tertiary/aromatic N) is 6. The summed E-state index contributed by atoms with van der Waals surface area (Å²) in [6.07, 6.45) is 7.45. The van der Waals surface area contributed by atoms with Crippen LogP contribution in [0.1, 0.15) is 32.9 Å². The molecule has 3 amide bonds. The highest BCUT2D eigenvalue weighted by Gasteiger charge is 2.24. The molecule has 0 radical (unpaired) electrons. The Balaban J connectivity index is 1.05. The zero-order valence-electron chi connectivity index (χ0n) is 32.5. The normalized spacial score (nSPS) is 13.2. The number of rotatable bonds is 12. The van der Waals surface area contributed by atoms with Crippen molar-refractivity contribution in [3.63, 3.8) is 0 Å². The SMILES string of the molecule is C#Cc1cc(Cc2ncnc(Oc3ccc(NC(=O)Nc4cc([Si](C)(C)C)nn4-c4ccc(C)cc4)c4ccccc34)n2)cc(C(=O)NCCN2CCOCC2)c1. The van der Waals surface area contributed by atoms with Crippen LogP contribution in [0.25, 0.3) is 16.5 Å². The van der Waals surface area contributed by atoms with Crippen LogP contribution < -0.4 is 26.0 Å². The molecule has 6 aromatic rings. The number of amides is 3. The minimum absolute atomic E-state index is 0.0976. The van der Waals surface area contributed by atoms with Crippen molar-refractivity contribution in [1.82, 2.24) is 34.9 Å². The van der Waals surface area contributed by atoms with Crippen molar-refractivity contribution in [2.45, 2.75) is 33.0 Å². The fraction of sp³-hybridized carbons (Fsp3) is 0.256. The molecule has 2 aromatic heterocycles. The first-order chi connectivity index (χ1) is 27.5. The summed E-state index contributed by atoms with van der Waals surface area (Å²) in [5, 5.41) is 16.4. The van der Waals surface area contributed by atoms with E-state index in [2.05, 4.69) is 61.4 Å². The highest BCUT2D eigenvalue weighted by molar-refractivity contribution is 6.88. The maximum Gasteiger partial charge on any atom is 0.325 e. The van der Waals surface area contributed by atoms with Gasteiger partial charge in [-0.3, -0.25) is 15.0 Å². The molecule has 290 valence electrons. The van der Waals surface area contributed by atoms with Crippen LogP contribution in [0.5, 0.6) is 11.8 Å². The number of carbonyl (C=O) groups is 2. The second-order valence-corrected chi connectivity index (χ2v) is 19.9. The van der Waals surface area contributed by atoms with Gasteiger partial charge in [-0.2, -0.15) is 15.1 Å². The van der Waals surface area contributed by atoms with E-state index < -0.39 is 14.1 Å². The van der Waals surface area contributed by atoms with E-state index in [1.165, 1.54) is 6.33 Å². The lowest BCUT2D eigenvalue weighted by atomic mass is 10.0. The van der Waals surface area contributed by atoms with E-state index in [0.717, 1.165) is 52.5 Å². The molecule has 0 aliphatic carbocycles. The highest BCUT2D eigenvalue weighted by Crippen LogP contribution is 2.34. The lowest BCUT2D eigenvalue weighted by Crippen LogP contribution is -2.41. The summed E-state index contributed by atoms with van der Waals surface area (Å²) in [6, 6.07) is 26.2. The Morgan fingerprint density at radius 2 is 1.70 bits per heavy atom. The van der Waals surface area contributed by atoms with Gasteiger partial charge in [-0.1, -0.05) is 67.5 Å². The van der Waals surface area contributed by atoms with Crippen molar-refractivity contribution in [2.75, 3.05) is 50.0 Å². The van der Waals surface area contributed by atoms with E-state index in [1.54, 1.807) is 28.9 Å². The molecule has 57 heavy (non-hydrogen) atoms. The van der Waals surface area contributed by atoms with Crippen LogP contribution in [0.3, 0.4) is 0 Å². The third-order valence-electron chi connectivity index (χ3n) is 9.53. The van der Waals surface area contributed by atoms with Gasteiger partial charge in [-0.25, -0.2) is 14.5 Å². The van der Waals surface area contributed by atoms with Crippen LogP contribution in [0.2, 0.25) is 19.6 Å². The Labute approximate surface area is 332 Å². The van der Waals surface area contributed by atoms with E-state index in [-0.39, 0.29) is 11.9 Å². The minimum Gasteiger partial charge on any atom is -0.424 e. The Bertz CT molecular complexity index is 2450. The van der Waals surface area contributed by atoms with Crippen LogP contribution in [0, 0.1) is 19.3 Å². The van der Waals surface area contributed by atoms with Gasteiger partial charge in [-0.05, 0) is 61.0 Å². The molecule has 3 N–H and O–H groups in total. The number of hydrogen-bond donors (Lipinski definition) is 3. The molecule has 1 fully saturated rings. The molecule has 0 saturated carbocycles. The smallest absolute Gasteiger partial charge is 0.325 e. The Kier molecular flexibility index (Phi) is 11.7. The van der Waals surface area contributed by atoms with Crippen LogP contribution in [0.4, 0.5) is 16.3 Å². The molecule has 7 rings (SSSR count). The zero-order valence-corrected chi connectivity index (χ0v) is 33.5. The molecule has 0 bridgehead atoms. The van der Waals surface area contributed by atoms with Gasteiger partial charge in [0.05, 0.1) is 24.6 Å². The topological polar surface area (TPSA) is 148 Å². The van der Waals surface area contributed by atoms with Gasteiger partial charge < -0.3 is 20.1 Å². The van der Waals surface area contributed by atoms with Crippen molar-refractivity contribution in [3.8, 4) is 29.8 Å². The number of hydrogen-bond acceptors (Lipinski definition) is 9. The largest absolute Gasteiger partial charge is 0.424 e. The number of urea groups is 1. The van der Waals surface area contributed by atoms with Crippen LogP contribution in [-0.2, 0) is 11.2 Å². The first kappa shape index (κ1) is 38.9. The van der Waals surface area contributed by atoms with Crippen molar-refractivity contribution in [1.29, 1.82) is 0 Å². The third-order valence-corrected chi connectivity index (χ3v) is 11.3. The molecule has 0 spiro atoms. The van der Waals surface area contributed by atoms with Gasteiger partial charge in [0.25, 0.3) is 5.91 Å². The van der Waals surface area contributed by atoms with Gasteiger partial charge in [0, 0.05) is 59.8 Å². The van der Waals surface area contributed by atoms with E-state index in [4.69, 9.17) is 21.0 Å². The molecule has 13 nitrogen and oxygen atoms in total. The average Bonchev–Trinajstić information content (AvgIpc) is 3.64. The molecule has 1 saturated heterocycles. The van der Waals surface area contributed by atoms with Gasteiger partial charge in [0.15, 0.2) is 0 Å². The monoisotopic (exact) mass is 779 g/mol. The molecule has 3 heterocycles. The molecule has 1 aliphatic heterocycles. The van der Waals surface area contributed by atoms with Gasteiger partial charge in [-0.15, -0.1) is 6.42 Å². The summed E-state index contributed by atoms with van der Waals surface area (Å²) in [4.78, 5) is 42.1. The Hall–Kier alpha value is -6.40. The zero-order chi connectivity index (χ0) is 39.9. The standard InChI is InChI=1S/C43H45N9O4Si/c1-6-30-23-31(25-32(24-30)41(53)44-17-18-51-19-21-55-22-20-51)26-38-45-28-46-43(48-38)56-37-16-15-36(34-9-7-8-10-35(34)37)47-42(54)49-39-27-40(57(3,4)5)50-52(39)33-13-11-29(2)12-14-33/h1,7-16,23-25,27-28H,17-22,26H2,2-5H3,(H,44,53)(H2,47,49,54). The number of aryl methyl sites for hydroxylation is 1. The summed E-state index contributed by atoms with van der Waals surface area (Å²) in [5.41, 5.74) is 4.41. The number of carbonyl (C=O) groups excluding carboxylic acids is 2. The summed E-state index contributed by atoms with van der Waals surface area (Å²) in [7, 11) is -1.79. The van der Waals surface area contributed by atoms with Crippen molar-refractivity contribution < 1.29 is 19.1 Å². The number of fused-ring (bicyclic) bond motifs is 1. The number of nitrogens with one attached hydrogen (secondary N) is 3. The number of anilines is 2. The second kappa shape index (κ2) is 17.2. The summed E-state index contributed by atoms with van der Waals surface area (Å²) < 4.78 is 13.4. The fourth-order valence-electron chi connectivity index (χ4n) is 6.45. The van der Waals surface area contributed by atoms with E-state index in [1.807, 2.05) is 67.6 Å². The minimum atomic E-state index is -1.79. The van der Waals surface area contributed by atoms with Crippen LogP contribution in [-0.4, -0.2) is 89.0 Å². The lowest BCUT2D eigenvalue weighted by Gasteiger charge is -2.26. The summed E-state index contributed by atoms with van der Waals surface area (Å²) in [5.74, 6) is 3.96. The Morgan fingerprint density at radius 1 is 0.930 bits per heavy atom. The number of morpholine rings is 1. The van der Waals surface area contributed by atoms with Crippen LogP contribution in [0.15, 0.2) is 91.3 Å². The van der Waals surface area contributed by atoms with Gasteiger partial charge in [0.1, 0.15) is 31.8 Å². The number of ether oxygens (including phenoxy) is 2. The first-order valence-electron chi connectivity index (χ1n) is 18.8. The van der Waals surface area contributed by atoms with Crippen molar-refractivity contribution >= 4 is 47.6 Å².